The summed E-state index contributed by atoms with van der Waals surface area (Å²) in [6.07, 6.45) is 2.68. The van der Waals surface area contributed by atoms with Crippen LogP contribution in [0.25, 0.3) is 22.4 Å². The van der Waals surface area contributed by atoms with Gasteiger partial charge in [0, 0.05) is 77.0 Å². The molecule has 1 aliphatic rings. The molecule has 0 aliphatic carbocycles. The van der Waals surface area contributed by atoms with Crippen molar-refractivity contribution >= 4 is 11.7 Å². The Labute approximate surface area is 323 Å². The molecule has 0 unspecified atom stereocenters. The van der Waals surface area contributed by atoms with Crippen LogP contribution in [0.4, 0.5) is 0 Å². The molecule has 0 saturated carbocycles. The molecule has 1 saturated heterocycles. The molecule has 0 amide bonds. The number of ether oxygens (including phenoxy) is 2. The summed E-state index contributed by atoms with van der Waals surface area (Å²) < 4.78 is 17.3. The van der Waals surface area contributed by atoms with Gasteiger partial charge in [0.1, 0.15) is 17.3 Å². The van der Waals surface area contributed by atoms with E-state index in [-0.39, 0.29) is 29.9 Å². The topological polar surface area (TPSA) is 119 Å². The van der Waals surface area contributed by atoms with Gasteiger partial charge < -0.3 is 13.9 Å². The summed E-state index contributed by atoms with van der Waals surface area (Å²) in [4.78, 5) is 34.0. The van der Waals surface area contributed by atoms with Gasteiger partial charge in [0.2, 0.25) is 11.8 Å². The van der Waals surface area contributed by atoms with Crippen LogP contribution in [0.5, 0.6) is 5.88 Å². The van der Waals surface area contributed by atoms with Crippen LogP contribution in [-0.2, 0) is 16.1 Å². The third-order valence-corrected chi connectivity index (χ3v) is 7.35. The van der Waals surface area contributed by atoms with Gasteiger partial charge in [0.15, 0.2) is 24.1 Å². The average Bonchev–Trinajstić information content (AvgIpc) is 3.69. The maximum absolute atomic E-state index is 13.2. The monoisotopic (exact) mass is 730 g/mol. The number of rotatable bonds is 10. The van der Waals surface area contributed by atoms with Crippen LogP contribution < -0.4 is 4.74 Å². The van der Waals surface area contributed by atoms with Gasteiger partial charge in [-0.3, -0.25) is 9.69 Å². The second-order valence-corrected chi connectivity index (χ2v) is 11.0. The van der Waals surface area contributed by atoms with E-state index in [1.165, 1.54) is 5.94 Å². The fraction of sp³-hybridized carbons (Fsp3) is 0.170. The van der Waals surface area contributed by atoms with Crippen LogP contribution in [-0.4, -0.2) is 59.4 Å². The van der Waals surface area contributed by atoms with Crippen LogP contribution in [0.2, 0.25) is 0 Å². The van der Waals surface area contributed by atoms with E-state index in [0.717, 1.165) is 56.0 Å². The molecule has 0 bridgehead atoms. The van der Waals surface area contributed by atoms with Crippen molar-refractivity contribution in [3.05, 3.63) is 183 Å². The van der Waals surface area contributed by atoms with Crippen molar-refractivity contribution in [1.29, 1.82) is 5.26 Å². The molecule has 1 fully saturated rings. The van der Waals surface area contributed by atoms with Crippen molar-refractivity contribution in [3.8, 4) is 34.3 Å². The zero-order valence-corrected chi connectivity index (χ0v) is 30.1. The van der Waals surface area contributed by atoms with Gasteiger partial charge in [-0.2, -0.15) is 5.26 Å². The number of hydrogen-bond acceptors (Lipinski definition) is 9. The number of nitrogens with zero attached hydrogens (tertiary/aromatic N) is 4. The number of pyridine rings is 1. The largest absolute Gasteiger partial charge is 0.467 e. The highest BCUT2D eigenvalue weighted by atomic mass is 16.5. The van der Waals surface area contributed by atoms with Crippen LogP contribution in [0.1, 0.15) is 34.9 Å². The lowest BCUT2D eigenvalue weighted by atomic mass is 10.0. The molecule has 0 atom stereocenters. The van der Waals surface area contributed by atoms with Gasteiger partial charge in [-0.1, -0.05) is 66.4 Å². The van der Waals surface area contributed by atoms with Crippen LogP contribution in [0.3, 0.4) is 0 Å². The lowest BCUT2D eigenvalue weighted by Crippen LogP contribution is -2.36. The predicted octanol–water partition coefficient (Wildman–Crippen LogP) is 7.48. The second-order valence-electron chi connectivity index (χ2n) is 11.0. The average molecular weight is 731 g/mol. The van der Waals surface area contributed by atoms with Crippen molar-refractivity contribution in [1.82, 2.24) is 14.9 Å². The lowest BCUT2D eigenvalue weighted by Gasteiger charge is -2.26. The Balaban J connectivity index is 0.000000328. The Morgan fingerprint density at radius 1 is 0.786 bits per heavy atom. The first-order valence-corrected chi connectivity index (χ1v) is 17.0. The SMILES string of the molecule is C=C=C=C=C=C=C=C=C=C=C=C=C=C=C=C=C=O.N#Cc1c(-c2ccccc2)ccnc1OCc1nc(-c2ccccc2)c(C(=O)CCCN2CCOCC2)o1. The maximum Gasteiger partial charge on any atom is 0.233 e. The summed E-state index contributed by atoms with van der Waals surface area (Å²) in [6.45, 7) is 7.28. The Hall–Kier alpha value is -8.17. The fourth-order valence-corrected chi connectivity index (χ4v) is 4.90. The molecule has 9 nitrogen and oxygen atoms in total. The highest BCUT2D eigenvalue weighted by Crippen LogP contribution is 2.30. The van der Waals surface area contributed by atoms with E-state index in [0.29, 0.717) is 17.7 Å². The number of benzene rings is 2. The minimum atomic E-state index is -0.0993. The number of oxazole rings is 1. The van der Waals surface area contributed by atoms with Crippen molar-refractivity contribution in [2.45, 2.75) is 19.4 Å². The Morgan fingerprint density at radius 3 is 1.93 bits per heavy atom. The second kappa shape index (κ2) is 24.1. The number of carbonyl (C=O) groups excluding carboxylic acids is 2. The number of morpholine rings is 1. The lowest BCUT2D eigenvalue weighted by molar-refractivity contribution is 0.0371. The number of Topliss-reactive ketones (excluding diaryl/α,β-unsaturated/α-hetero) is 1. The van der Waals surface area contributed by atoms with E-state index >= 15 is 0 Å². The van der Waals surface area contributed by atoms with E-state index in [1.54, 1.807) is 12.3 Å². The number of carbonyl (C=O) groups is 1. The standard InChI is InChI=1S/C30H28N4O4.C17H2O/c31-20-25-24(22-8-3-1-4-9-22)13-14-32-30(25)37-21-27-33-28(23-10-5-2-6-11-23)29(38-27)26(35)12-7-15-34-16-18-36-19-17-34;1-2-3-4-5-6-7-8-9-10-11-12-13-14-15-16-17-18/h1-6,8-11,13-14H,7,12,15-19,21H2;1H2. The van der Waals surface area contributed by atoms with E-state index < -0.39 is 0 Å². The first-order chi connectivity index (χ1) is 27.6. The molecule has 2 aromatic carbocycles. The third kappa shape index (κ3) is 13.8. The molecule has 2 aromatic heterocycles. The smallest absolute Gasteiger partial charge is 0.233 e. The minimum absolute atomic E-state index is 0.0686. The molecular formula is C47H30N4O5. The number of aromatic nitrogens is 2. The molecule has 0 N–H and O–H groups in total. The highest BCUT2D eigenvalue weighted by molar-refractivity contribution is 5.98. The van der Waals surface area contributed by atoms with Crippen molar-refractivity contribution in [2.24, 2.45) is 0 Å². The number of hydrogen-bond donors (Lipinski definition) is 0. The summed E-state index contributed by atoms with van der Waals surface area (Å²) in [7, 11) is 0. The van der Waals surface area contributed by atoms with Gasteiger partial charge in [-0.15, -0.1) is 0 Å². The van der Waals surface area contributed by atoms with E-state index in [2.05, 4.69) is 108 Å². The van der Waals surface area contributed by atoms with Crippen molar-refractivity contribution in [2.75, 3.05) is 32.8 Å². The fourth-order valence-electron chi connectivity index (χ4n) is 4.90. The summed E-state index contributed by atoms with van der Waals surface area (Å²) >= 11 is 0. The molecule has 0 spiro atoms. The molecule has 0 radical (unpaired) electrons. The maximum atomic E-state index is 13.2. The molecule has 5 rings (SSSR count). The highest BCUT2D eigenvalue weighted by Gasteiger charge is 2.23. The number of nitriles is 1. The third-order valence-electron chi connectivity index (χ3n) is 7.35. The van der Waals surface area contributed by atoms with E-state index in [9.17, 15) is 14.9 Å². The predicted molar refractivity (Wildman–Crippen MR) is 205 cm³/mol. The zero-order chi connectivity index (χ0) is 39.5. The van der Waals surface area contributed by atoms with Crippen molar-refractivity contribution in [3.63, 3.8) is 0 Å². The van der Waals surface area contributed by atoms with Gasteiger partial charge in [0.05, 0.1) is 13.2 Å². The molecule has 1 aliphatic heterocycles. The van der Waals surface area contributed by atoms with Gasteiger partial charge >= 0.3 is 0 Å². The Kier molecular flexibility index (Phi) is 17.5. The van der Waals surface area contributed by atoms with Gasteiger partial charge in [0.25, 0.3) is 0 Å². The summed E-state index contributed by atoms with van der Waals surface area (Å²) in [6, 6.07) is 23.1. The van der Waals surface area contributed by atoms with Crippen LogP contribution in [0.15, 0.2) is 170 Å². The summed E-state index contributed by atoms with van der Waals surface area (Å²) in [5, 5.41) is 9.84. The molecule has 4 aromatic rings. The van der Waals surface area contributed by atoms with Crippen LogP contribution >= 0.6 is 0 Å². The van der Waals surface area contributed by atoms with Crippen molar-refractivity contribution < 1.29 is 23.5 Å². The minimum Gasteiger partial charge on any atom is -0.467 e. The molecule has 268 valence electrons. The van der Waals surface area contributed by atoms with Crippen LogP contribution in [0, 0.1) is 11.3 Å². The van der Waals surface area contributed by atoms with E-state index in [1.807, 2.05) is 66.4 Å². The molecular weight excluding hydrogens is 701 g/mol. The quantitative estimate of drug-likeness (QED) is 0.0930. The molecule has 3 heterocycles. The Bertz CT molecular complexity index is 2610. The number of ketones is 1. The summed E-state index contributed by atoms with van der Waals surface area (Å²) in [5.41, 5.74) is 38.9. The Morgan fingerprint density at radius 2 is 1.36 bits per heavy atom. The summed E-state index contributed by atoms with van der Waals surface area (Å²) in [5.74, 6) is 1.93. The molecule has 9 heteroatoms. The normalized spacial score (nSPS) is 10.5. The van der Waals surface area contributed by atoms with Gasteiger partial charge in [-0.05, 0) is 71.3 Å². The van der Waals surface area contributed by atoms with Gasteiger partial charge in [-0.25, -0.2) is 14.8 Å². The molecule has 56 heavy (non-hydrogen) atoms. The first kappa shape index (κ1) is 40.6. The first-order valence-electron chi connectivity index (χ1n) is 17.0. The van der Waals surface area contributed by atoms with E-state index in [4.69, 9.17) is 13.9 Å². The zero-order valence-electron chi connectivity index (χ0n) is 30.1.